The van der Waals surface area contributed by atoms with Crippen LogP contribution in [0.25, 0.3) is 11.2 Å². The largest absolute Gasteiger partial charge is 0.438 e. The van der Waals surface area contributed by atoms with Gasteiger partial charge in [-0.3, -0.25) is 28.0 Å². The Hall–Kier alpha value is -2.82. The van der Waals surface area contributed by atoms with Crippen LogP contribution in [0.5, 0.6) is 0 Å². The van der Waals surface area contributed by atoms with Gasteiger partial charge in [0.1, 0.15) is 0 Å². The first-order valence-electron chi connectivity index (χ1n) is 10.5. The Balaban J connectivity index is 2.02. The van der Waals surface area contributed by atoms with E-state index < -0.39 is 44.0 Å². The van der Waals surface area contributed by atoms with Crippen molar-refractivity contribution >= 4 is 30.7 Å². The van der Waals surface area contributed by atoms with Gasteiger partial charge in [-0.2, -0.15) is 0 Å². The van der Waals surface area contributed by atoms with Gasteiger partial charge >= 0.3 is 19.5 Å². The molecule has 0 amide bonds. The quantitative estimate of drug-likeness (QED) is 0.293. The molecule has 0 aliphatic carbocycles. The third kappa shape index (κ3) is 7.89. The van der Waals surface area contributed by atoms with Gasteiger partial charge in [-0.15, -0.1) is 0 Å². The molecule has 12 nitrogen and oxygen atoms in total. The summed E-state index contributed by atoms with van der Waals surface area (Å²) >= 11 is 0. The average molecular weight is 498 g/mol. The van der Waals surface area contributed by atoms with Gasteiger partial charge in [0.15, 0.2) is 11.2 Å². The Kier molecular flexibility index (Phi) is 8.93. The smallest absolute Gasteiger partial charge is 0.359 e. The molecule has 2 heterocycles. The van der Waals surface area contributed by atoms with Gasteiger partial charge < -0.3 is 19.0 Å². The van der Waals surface area contributed by atoms with Gasteiger partial charge in [0.2, 0.25) is 13.6 Å². The van der Waals surface area contributed by atoms with Crippen molar-refractivity contribution in [3.05, 3.63) is 34.9 Å². The van der Waals surface area contributed by atoms with E-state index >= 15 is 0 Å². The predicted molar refractivity (Wildman–Crippen MR) is 123 cm³/mol. The third-order valence-corrected chi connectivity index (χ3v) is 5.81. The number of allylic oxidation sites excluding steroid dienone is 1. The van der Waals surface area contributed by atoms with Crippen LogP contribution < -0.4 is 5.56 Å². The lowest BCUT2D eigenvalue weighted by Crippen LogP contribution is -2.24. The molecule has 0 bridgehead atoms. The number of fused-ring (bicyclic) bond motifs is 1. The topological polar surface area (TPSA) is 152 Å². The maximum atomic E-state index is 13.1. The summed E-state index contributed by atoms with van der Waals surface area (Å²) in [4.78, 5) is 46.2. The highest BCUT2D eigenvalue weighted by molar-refractivity contribution is 7.57. The van der Waals surface area contributed by atoms with Crippen LogP contribution >= 0.6 is 7.60 Å². The van der Waals surface area contributed by atoms with Crippen LogP contribution in [0.3, 0.4) is 0 Å². The van der Waals surface area contributed by atoms with Crippen LogP contribution in [-0.2, 0) is 39.2 Å². The molecule has 0 aliphatic rings. The average Bonchev–Trinajstić information content (AvgIpc) is 3.14. The molecule has 13 heteroatoms. The molecule has 188 valence electrons. The lowest BCUT2D eigenvalue weighted by Gasteiger charge is -2.20. The number of aromatic amines is 1. The van der Waals surface area contributed by atoms with Crippen LogP contribution in [0.2, 0.25) is 0 Å². The van der Waals surface area contributed by atoms with Gasteiger partial charge in [-0.05, 0) is 48.0 Å². The molecule has 0 saturated carbocycles. The number of nitrogens with one attached hydrogen (secondary N) is 1. The number of ether oxygens (including phenoxy) is 2. The van der Waals surface area contributed by atoms with Gasteiger partial charge in [0.25, 0.3) is 5.56 Å². The van der Waals surface area contributed by atoms with E-state index in [0.717, 1.165) is 0 Å². The molecular formula is C21H31N4O8P. The summed E-state index contributed by atoms with van der Waals surface area (Å²) in [6, 6.07) is 0. The van der Waals surface area contributed by atoms with Crippen LogP contribution in [0.1, 0.15) is 48.0 Å². The van der Waals surface area contributed by atoms with Crippen molar-refractivity contribution in [3.8, 4) is 0 Å². The molecule has 2 aromatic heterocycles. The minimum Gasteiger partial charge on any atom is -0.438 e. The molecule has 0 spiro atoms. The van der Waals surface area contributed by atoms with Crippen molar-refractivity contribution < 1.29 is 32.7 Å². The molecule has 0 saturated heterocycles. The van der Waals surface area contributed by atoms with Crippen LogP contribution in [0.4, 0.5) is 0 Å². The summed E-state index contributed by atoms with van der Waals surface area (Å²) in [6.07, 6.45) is 4.66. The molecule has 0 aromatic carbocycles. The van der Waals surface area contributed by atoms with E-state index in [0.29, 0.717) is 18.6 Å². The van der Waals surface area contributed by atoms with Crippen molar-refractivity contribution in [2.75, 3.05) is 13.6 Å². The zero-order valence-electron chi connectivity index (χ0n) is 20.2. The second-order valence-electron chi connectivity index (χ2n) is 9.41. The molecule has 2 aromatic rings. The number of carbonyl (C=O) groups is 2. The van der Waals surface area contributed by atoms with Gasteiger partial charge in [0.05, 0.1) is 23.5 Å². The Morgan fingerprint density at radius 1 is 1.03 bits per heavy atom. The predicted octanol–water partition coefficient (Wildman–Crippen LogP) is 3.34. The standard InChI is InChI=1S/C21H31N4O8P/c1-20(2,3)18(27)30-13-32-34(29,33-14-31-19(28)21(4,5)6)10-8-7-9-25-12-24-15-16(25)22-11-23-17(15)26/h8,10-12H,7,9,13-14H2,1-6H3,(H,22,23,26)/b10-8+. The molecule has 0 radical (unpaired) electrons. The van der Waals surface area contributed by atoms with Crippen molar-refractivity contribution in [1.29, 1.82) is 0 Å². The highest BCUT2D eigenvalue weighted by atomic mass is 31.2. The van der Waals surface area contributed by atoms with E-state index in [1.165, 1.54) is 24.5 Å². The first-order chi connectivity index (χ1) is 15.7. The number of nitrogens with zero attached hydrogens (tertiary/aromatic N) is 3. The summed E-state index contributed by atoms with van der Waals surface area (Å²) in [6.45, 7) is 9.16. The molecule has 0 atom stereocenters. The zero-order chi connectivity index (χ0) is 25.6. The van der Waals surface area contributed by atoms with Gasteiger partial charge in [-0.1, -0.05) is 6.08 Å². The van der Waals surface area contributed by atoms with E-state index in [1.54, 1.807) is 46.1 Å². The number of H-pyrrole nitrogens is 1. The SMILES string of the molecule is CC(C)(C)C(=O)OCOP(=O)(/C=C/CCn1cnc2c(=O)[nH]cnc21)OCOC(=O)C(C)(C)C. The maximum Gasteiger partial charge on any atom is 0.359 e. The fraction of sp³-hybridized carbons (Fsp3) is 0.571. The van der Waals surface area contributed by atoms with E-state index in [9.17, 15) is 18.9 Å². The molecule has 1 N–H and O–H groups in total. The summed E-state index contributed by atoms with van der Waals surface area (Å²) in [5.74, 6) is 0.107. The second-order valence-corrected chi connectivity index (χ2v) is 11.3. The normalized spacial score (nSPS) is 12.9. The Bertz CT molecular complexity index is 1100. The number of hydrogen-bond donors (Lipinski definition) is 1. The second kappa shape index (κ2) is 11.1. The number of aryl methyl sites for hydroxylation is 1. The highest BCUT2D eigenvalue weighted by Crippen LogP contribution is 2.50. The molecule has 2 rings (SSSR count). The van der Waals surface area contributed by atoms with Crippen LogP contribution in [-0.4, -0.2) is 45.0 Å². The van der Waals surface area contributed by atoms with E-state index in [-0.39, 0.29) is 11.1 Å². The lowest BCUT2D eigenvalue weighted by atomic mass is 9.98. The van der Waals surface area contributed by atoms with E-state index in [2.05, 4.69) is 15.0 Å². The first kappa shape index (κ1) is 27.4. The van der Waals surface area contributed by atoms with E-state index in [1.807, 2.05) is 0 Å². The number of rotatable bonds is 10. The Morgan fingerprint density at radius 3 is 2.12 bits per heavy atom. The van der Waals surface area contributed by atoms with Crippen molar-refractivity contribution in [2.45, 2.75) is 54.5 Å². The van der Waals surface area contributed by atoms with Crippen LogP contribution in [0.15, 0.2) is 29.3 Å². The van der Waals surface area contributed by atoms with E-state index in [4.69, 9.17) is 18.5 Å². The molecule has 0 aliphatic heterocycles. The molecule has 0 fully saturated rings. The zero-order valence-corrected chi connectivity index (χ0v) is 21.1. The van der Waals surface area contributed by atoms with Crippen molar-refractivity contribution in [1.82, 2.24) is 19.5 Å². The lowest BCUT2D eigenvalue weighted by molar-refractivity contribution is -0.161. The monoisotopic (exact) mass is 498 g/mol. The summed E-state index contributed by atoms with van der Waals surface area (Å²) in [5.41, 5.74) is -1.26. The third-order valence-electron chi connectivity index (χ3n) is 4.30. The number of esters is 2. The van der Waals surface area contributed by atoms with Crippen molar-refractivity contribution in [3.63, 3.8) is 0 Å². The Labute approximate surface area is 197 Å². The minimum absolute atomic E-state index is 0.213. The summed E-state index contributed by atoms with van der Waals surface area (Å²) in [5, 5.41) is 0. The maximum absolute atomic E-state index is 13.1. The fourth-order valence-electron chi connectivity index (χ4n) is 2.34. The molecule has 34 heavy (non-hydrogen) atoms. The molecular weight excluding hydrogens is 467 g/mol. The number of hydrogen-bond acceptors (Lipinski definition) is 10. The van der Waals surface area contributed by atoms with Gasteiger partial charge in [0, 0.05) is 12.4 Å². The number of carbonyl (C=O) groups excluding carboxylic acids is 2. The summed E-state index contributed by atoms with van der Waals surface area (Å²) in [7, 11) is -3.93. The van der Waals surface area contributed by atoms with Crippen LogP contribution in [0, 0.1) is 10.8 Å². The highest BCUT2D eigenvalue weighted by Gasteiger charge is 2.28. The number of aromatic nitrogens is 4. The van der Waals surface area contributed by atoms with Crippen molar-refractivity contribution in [2.24, 2.45) is 10.8 Å². The molecule has 0 unspecified atom stereocenters. The Morgan fingerprint density at radius 2 is 1.59 bits per heavy atom. The van der Waals surface area contributed by atoms with Gasteiger partial charge in [-0.25, -0.2) is 9.97 Å². The first-order valence-corrected chi connectivity index (χ1v) is 12.1. The minimum atomic E-state index is -3.93. The fourth-order valence-corrected chi connectivity index (χ4v) is 3.39. The number of imidazole rings is 1. The summed E-state index contributed by atoms with van der Waals surface area (Å²) < 4.78 is 35.2.